The fraction of sp³-hybridized carbons (Fsp3) is 0.280. The van der Waals surface area contributed by atoms with Crippen molar-refractivity contribution in [3.8, 4) is 17.0 Å². The number of nitrogens with one attached hydrogen (secondary N) is 1. The van der Waals surface area contributed by atoms with Gasteiger partial charge in [0.15, 0.2) is 0 Å². The molecule has 4 aromatic rings. The average Bonchev–Trinajstić information content (AvgIpc) is 3.28. The van der Waals surface area contributed by atoms with Gasteiger partial charge in [-0.3, -0.25) is 9.59 Å². The summed E-state index contributed by atoms with van der Waals surface area (Å²) in [6, 6.07) is 19.3. The minimum Gasteiger partial charge on any atom is -0.497 e. The summed E-state index contributed by atoms with van der Waals surface area (Å²) in [5, 5.41) is 11.8. The predicted molar refractivity (Wildman–Crippen MR) is 126 cm³/mol. The van der Waals surface area contributed by atoms with Gasteiger partial charge in [-0.25, -0.2) is 9.20 Å². The van der Waals surface area contributed by atoms with E-state index in [0.29, 0.717) is 17.0 Å². The Hall–Kier alpha value is -3.94. The molecule has 33 heavy (non-hydrogen) atoms. The van der Waals surface area contributed by atoms with Gasteiger partial charge in [0, 0.05) is 11.6 Å². The minimum absolute atomic E-state index is 0.0186. The molecule has 0 saturated carbocycles. The number of aromatic nitrogens is 4. The largest absolute Gasteiger partial charge is 0.497 e. The zero-order chi connectivity index (χ0) is 23.4. The quantitative estimate of drug-likeness (QED) is 0.450. The van der Waals surface area contributed by atoms with E-state index in [-0.39, 0.29) is 24.1 Å². The Balaban J connectivity index is 1.47. The maximum absolute atomic E-state index is 13.0. The lowest BCUT2D eigenvalue weighted by molar-refractivity contribution is -0.122. The molecule has 0 fully saturated rings. The summed E-state index contributed by atoms with van der Waals surface area (Å²) in [7, 11) is 1.61. The van der Waals surface area contributed by atoms with Gasteiger partial charge in [0.1, 0.15) is 23.6 Å². The summed E-state index contributed by atoms with van der Waals surface area (Å²) in [5.74, 6) is 1.02. The van der Waals surface area contributed by atoms with Gasteiger partial charge < -0.3 is 10.1 Å². The molecule has 0 aliphatic heterocycles. The van der Waals surface area contributed by atoms with Crippen LogP contribution in [0.25, 0.3) is 16.8 Å². The maximum atomic E-state index is 13.0. The van der Waals surface area contributed by atoms with Crippen LogP contribution in [0, 0.1) is 6.92 Å². The van der Waals surface area contributed by atoms with E-state index in [1.54, 1.807) is 20.1 Å². The van der Waals surface area contributed by atoms with Crippen molar-refractivity contribution in [2.75, 3.05) is 7.11 Å². The Morgan fingerprint density at radius 2 is 1.82 bits per heavy atom. The standard InChI is InChI=1S/C25H27N5O3/c1-17(9-10-19-7-5-4-6-8-19)26-24(31)16-29-25(32)23-15-22(28-30(23)18(2)27-29)20-11-13-21(33-3)14-12-20/h4-8,11-15,17H,9-10,16H2,1-3H3,(H,26,31)/t17-/m0/s1. The van der Waals surface area contributed by atoms with Crippen LogP contribution in [0.15, 0.2) is 65.5 Å². The highest BCUT2D eigenvalue weighted by atomic mass is 16.5. The van der Waals surface area contributed by atoms with Gasteiger partial charge in [-0.05, 0) is 62.6 Å². The van der Waals surface area contributed by atoms with Crippen molar-refractivity contribution in [1.82, 2.24) is 24.7 Å². The van der Waals surface area contributed by atoms with Crippen LogP contribution in [-0.4, -0.2) is 38.5 Å². The fourth-order valence-corrected chi connectivity index (χ4v) is 3.74. The number of aryl methyl sites for hydroxylation is 2. The lowest BCUT2D eigenvalue weighted by Gasteiger charge is -2.14. The minimum atomic E-state index is -0.361. The third-order valence-electron chi connectivity index (χ3n) is 5.53. The number of hydrogen-bond donors (Lipinski definition) is 1. The molecule has 0 spiro atoms. The summed E-state index contributed by atoms with van der Waals surface area (Å²) < 4.78 is 7.90. The molecule has 0 aliphatic rings. The van der Waals surface area contributed by atoms with Gasteiger partial charge in [0.05, 0.1) is 12.8 Å². The molecule has 170 valence electrons. The summed E-state index contributed by atoms with van der Waals surface area (Å²) in [6.07, 6.45) is 1.68. The van der Waals surface area contributed by atoms with Crippen molar-refractivity contribution < 1.29 is 9.53 Å². The van der Waals surface area contributed by atoms with Crippen LogP contribution in [0.2, 0.25) is 0 Å². The van der Waals surface area contributed by atoms with E-state index in [4.69, 9.17) is 4.74 Å². The van der Waals surface area contributed by atoms with Gasteiger partial charge in [0.2, 0.25) is 5.91 Å². The molecule has 8 nitrogen and oxygen atoms in total. The molecule has 0 unspecified atom stereocenters. The second-order valence-electron chi connectivity index (χ2n) is 8.06. The summed E-state index contributed by atoms with van der Waals surface area (Å²) in [6.45, 7) is 3.58. The van der Waals surface area contributed by atoms with Gasteiger partial charge in [-0.2, -0.15) is 10.2 Å². The first-order valence-corrected chi connectivity index (χ1v) is 10.9. The van der Waals surface area contributed by atoms with E-state index in [2.05, 4.69) is 27.6 Å². The molecule has 2 aromatic heterocycles. The van der Waals surface area contributed by atoms with Crippen molar-refractivity contribution in [2.45, 2.75) is 39.3 Å². The first-order valence-electron chi connectivity index (χ1n) is 10.9. The van der Waals surface area contributed by atoms with Crippen molar-refractivity contribution in [1.29, 1.82) is 0 Å². The molecule has 0 bridgehead atoms. The van der Waals surface area contributed by atoms with Gasteiger partial charge in [-0.1, -0.05) is 30.3 Å². The van der Waals surface area contributed by atoms with E-state index in [1.807, 2.05) is 49.4 Å². The van der Waals surface area contributed by atoms with E-state index < -0.39 is 0 Å². The first-order chi connectivity index (χ1) is 15.9. The third kappa shape index (κ3) is 5.11. The van der Waals surface area contributed by atoms with E-state index in [0.717, 1.165) is 24.2 Å². The lowest BCUT2D eigenvalue weighted by atomic mass is 10.1. The number of rotatable bonds is 8. The maximum Gasteiger partial charge on any atom is 0.293 e. The Morgan fingerprint density at radius 1 is 1.09 bits per heavy atom. The monoisotopic (exact) mass is 445 g/mol. The molecule has 1 N–H and O–H groups in total. The van der Waals surface area contributed by atoms with Gasteiger partial charge in [0.25, 0.3) is 5.56 Å². The molecule has 4 rings (SSSR count). The highest BCUT2D eigenvalue weighted by Gasteiger charge is 2.16. The van der Waals surface area contributed by atoms with E-state index in [1.165, 1.54) is 14.8 Å². The molecule has 2 heterocycles. The van der Waals surface area contributed by atoms with Crippen LogP contribution in [0.4, 0.5) is 0 Å². The van der Waals surface area contributed by atoms with Gasteiger partial charge >= 0.3 is 0 Å². The average molecular weight is 446 g/mol. The van der Waals surface area contributed by atoms with Crippen LogP contribution in [0.1, 0.15) is 24.7 Å². The molecular formula is C25H27N5O3. The summed E-state index contributed by atoms with van der Waals surface area (Å²) in [4.78, 5) is 25.6. The number of methoxy groups -OCH3 is 1. The Kier molecular flexibility index (Phi) is 6.53. The zero-order valence-corrected chi connectivity index (χ0v) is 19.0. The van der Waals surface area contributed by atoms with Crippen LogP contribution in [-0.2, 0) is 17.8 Å². The van der Waals surface area contributed by atoms with Crippen molar-refractivity contribution in [2.24, 2.45) is 0 Å². The highest BCUT2D eigenvalue weighted by molar-refractivity contribution is 5.76. The number of fused-ring (bicyclic) bond motifs is 1. The molecule has 0 saturated heterocycles. The second-order valence-corrected chi connectivity index (χ2v) is 8.06. The van der Waals surface area contributed by atoms with E-state index >= 15 is 0 Å². The lowest BCUT2D eigenvalue weighted by Crippen LogP contribution is -2.39. The third-order valence-corrected chi connectivity index (χ3v) is 5.53. The van der Waals surface area contributed by atoms with Crippen molar-refractivity contribution in [3.63, 3.8) is 0 Å². The molecule has 8 heteroatoms. The Labute approximate surface area is 191 Å². The number of nitrogens with zero attached hydrogens (tertiary/aromatic N) is 4. The molecule has 0 aliphatic carbocycles. The highest BCUT2D eigenvalue weighted by Crippen LogP contribution is 2.22. The Morgan fingerprint density at radius 3 is 2.52 bits per heavy atom. The number of benzene rings is 2. The molecule has 2 aromatic carbocycles. The summed E-state index contributed by atoms with van der Waals surface area (Å²) >= 11 is 0. The topological polar surface area (TPSA) is 90.5 Å². The smallest absolute Gasteiger partial charge is 0.293 e. The predicted octanol–water partition coefficient (Wildman–Crippen LogP) is 3.01. The molecule has 1 amide bonds. The second kappa shape index (κ2) is 9.68. The number of ether oxygens (including phenoxy) is 1. The Bertz CT molecular complexity index is 1310. The first kappa shape index (κ1) is 22.3. The van der Waals surface area contributed by atoms with Crippen LogP contribution in [0.3, 0.4) is 0 Å². The van der Waals surface area contributed by atoms with Crippen molar-refractivity contribution in [3.05, 3.63) is 82.4 Å². The number of amides is 1. The van der Waals surface area contributed by atoms with Crippen molar-refractivity contribution >= 4 is 11.4 Å². The molecular weight excluding hydrogens is 418 g/mol. The summed E-state index contributed by atoms with van der Waals surface area (Å²) in [5.41, 5.74) is 2.75. The molecule has 1 atom stereocenters. The van der Waals surface area contributed by atoms with Gasteiger partial charge in [-0.15, -0.1) is 0 Å². The zero-order valence-electron chi connectivity index (χ0n) is 19.0. The van der Waals surface area contributed by atoms with Crippen LogP contribution in [0.5, 0.6) is 5.75 Å². The molecule has 0 radical (unpaired) electrons. The normalized spacial score (nSPS) is 12.0. The number of hydrogen-bond acceptors (Lipinski definition) is 5. The number of carbonyl (C=O) groups excluding carboxylic acids is 1. The van der Waals surface area contributed by atoms with Crippen LogP contribution < -0.4 is 15.6 Å². The SMILES string of the molecule is COc1ccc(-c2cc3c(=O)n(CC(=O)N[C@@H](C)CCc4ccccc4)nc(C)n3n2)cc1. The number of carbonyl (C=O) groups is 1. The van der Waals surface area contributed by atoms with Crippen LogP contribution >= 0.6 is 0 Å². The van der Waals surface area contributed by atoms with E-state index in [9.17, 15) is 9.59 Å². The fourth-order valence-electron chi connectivity index (χ4n) is 3.74.